The van der Waals surface area contributed by atoms with E-state index < -0.39 is 12.0 Å². The van der Waals surface area contributed by atoms with Crippen molar-refractivity contribution in [2.45, 2.75) is 26.9 Å². The molecule has 0 bridgehead atoms. The molecule has 8 heteroatoms. The predicted molar refractivity (Wildman–Crippen MR) is 118 cm³/mol. The first-order chi connectivity index (χ1) is 14.8. The van der Waals surface area contributed by atoms with E-state index in [-0.39, 0.29) is 24.6 Å². The maximum Gasteiger partial charge on any atom is 0.404 e. The van der Waals surface area contributed by atoms with Crippen molar-refractivity contribution in [3.05, 3.63) is 64.6 Å². The van der Waals surface area contributed by atoms with Gasteiger partial charge in [-0.05, 0) is 29.7 Å². The number of primary amides is 1. The van der Waals surface area contributed by atoms with Crippen LogP contribution in [-0.2, 0) is 17.9 Å². The lowest BCUT2D eigenvalue weighted by Crippen LogP contribution is -2.31. The van der Waals surface area contributed by atoms with Gasteiger partial charge in [0.25, 0.3) is 11.5 Å². The number of ether oxygens (including phenoxy) is 1. The summed E-state index contributed by atoms with van der Waals surface area (Å²) in [6.45, 7) is 4.10. The highest BCUT2D eigenvalue weighted by Gasteiger charge is 2.20. The maximum atomic E-state index is 13.4. The molecule has 0 atom stereocenters. The molecule has 1 aromatic heterocycles. The summed E-state index contributed by atoms with van der Waals surface area (Å²) >= 11 is 0. The van der Waals surface area contributed by atoms with Crippen LogP contribution in [0.3, 0.4) is 0 Å². The summed E-state index contributed by atoms with van der Waals surface area (Å²) in [7, 11) is 0. The van der Waals surface area contributed by atoms with Gasteiger partial charge in [-0.15, -0.1) is 0 Å². The van der Waals surface area contributed by atoms with E-state index in [1.54, 1.807) is 22.8 Å². The first-order valence-corrected chi connectivity index (χ1v) is 9.90. The molecule has 8 nitrogen and oxygen atoms in total. The topological polar surface area (TPSA) is 124 Å². The monoisotopic (exact) mass is 423 g/mol. The van der Waals surface area contributed by atoms with Gasteiger partial charge in [0.1, 0.15) is 5.75 Å². The molecule has 0 aliphatic carbocycles. The van der Waals surface area contributed by atoms with Gasteiger partial charge in [-0.3, -0.25) is 9.59 Å². The van der Waals surface area contributed by atoms with Crippen molar-refractivity contribution in [2.75, 3.05) is 6.61 Å². The molecule has 31 heavy (non-hydrogen) atoms. The minimum absolute atomic E-state index is 0.0379. The van der Waals surface area contributed by atoms with Crippen LogP contribution in [0.15, 0.2) is 53.3 Å². The van der Waals surface area contributed by atoms with Gasteiger partial charge < -0.3 is 25.5 Å². The fourth-order valence-corrected chi connectivity index (χ4v) is 3.55. The molecule has 2 aromatic carbocycles. The Kier molecular flexibility index (Phi) is 6.59. The Bertz CT molecular complexity index is 1170. The molecule has 0 saturated heterocycles. The number of hydrogen-bond acceptors (Lipinski definition) is 4. The SMILES string of the molecule is CC(C)Cn1c(CNC(=O)O)c(-c2ccccc2)c2cc(OCC(N)=O)ccc2c1=O. The number of carboxylic acid groups (broad SMARTS) is 1. The van der Waals surface area contributed by atoms with Crippen molar-refractivity contribution in [2.24, 2.45) is 11.7 Å². The van der Waals surface area contributed by atoms with Crippen LogP contribution in [0.25, 0.3) is 21.9 Å². The molecular formula is C23H25N3O5. The minimum atomic E-state index is -1.18. The van der Waals surface area contributed by atoms with Crippen LogP contribution in [0.2, 0.25) is 0 Å². The van der Waals surface area contributed by atoms with E-state index in [4.69, 9.17) is 10.5 Å². The molecule has 0 fully saturated rings. The molecule has 2 amide bonds. The summed E-state index contributed by atoms with van der Waals surface area (Å²) in [6.07, 6.45) is -1.18. The van der Waals surface area contributed by atoms with Crippen LogP contribution < -0.4 is 21.3 Å². The van der Waals surface area contributed by atoms with E-state index in [2.05, 4.69) is 5.32 Å². The van der Waals surface area contributed by atoms with Gasteiger partial charge in [-0.2, -0.15) is 0 Å². The lowest BCUT2D eigenvalue weighted by molar-refractivity contribution is -0.119. The number of carbonyl (C=O) groups excluding carboxylic acids is 1. The molecule has 0 aliphatic rings. The van der Waals surface area contributed by atoms with Crippen molar-refractivity contribution in [1.82, 2.24) is 9.88 Å². The zero-order valence-corrected chi connectivity index (χ0v) is 17.4. The molecular weight excluding hydrogens is 398 g/mol. The number of carbonyl (C=O) groups is 2. The lowest BCUT2D eigenvalue weighted by atomic mass is 9.96. The van der Waals surface area contributed by atoms with Gasteiger partial charge in [-0.1, -0.05) is 44.2 Å². The number of aromatic nitrogens is 1. The third-order valence-corrected chi connectivity index (χ3v) is 4.75. The van der Waals surface area contributed by atoms with Crippen molar-refractivity contribution in [3.8, 4) is 16.9 Å². The van der Waals surface area contributed by atoms with E-state index in [9.17, 15) is 19.5 Å². The molecule has 0 spiro atoms. The average molecular weight is 423 g/mol. The Labute approximate surface area is 179 Å². The van der Waals surface area contributed by atoms with Crippen molar-refractivity contribution < 1.29 is 19.4 Å². The quantitative estimate of drug-likeness (QED) is 0.514. The van der Waals surface area contributed by atoms with E-state index in [0.29, 0.717) is 28.8 Å². The number of rotatable bonds is 8. The van der Waals surface area contributed by atoms with E-state index in [1.165, 1.54) is 0 Å². The highest BCUT2D eigenvalue weighted by Crippen LogP contribution is 2.33. The number of pyridine rings is 1. The normalized spacial score (nSPS) is 10.9. The molecule has 3 aromatic rings. The van der Waals surface area contributed by atoms with Gasteiger partial charge in [0.15, 0.2) is 6.61 Å². The second-order valence-corrected chi connectivity index (χ2v) is 7.62. The number of hydrogen-bond donors (Lipinski definition) is 3. The minimum Gasteiger partial charge on any atom is -0.484 e. The van der Waals surface area contributed by atoms with E-state index in [0.717, 1.165) is 11.1 Å². The third-order valence-electron chi connectivity index (χ3n) is 4.75. The van der Waals surface area contributed by atoms with Crippen LogP contribution in [0.1, 0.15) is 19.5 Å². The second kappa shape index (κ2) is 9.34. The summed E-state index contributed by atoms with van der Waals surface area (Å²) < 4.78 is 7.08. The highest BCUT2D eigenvalue weighted by molar-refractivity contribution is 5.98. The Morgan fingerprint density at radius 2 is 1.84 bits per heavy atom. The summed E-state index contributed by atoms with van der Waals surface area (Å²) in [5.74, 6) is -0.0516. The summed E-state index contributed by atoms with van der Waals surface area (Å²) in [4.78, 5) is 35.7. The van der Waals surface area contributed by atoms with Crippen LogP contribution in [0, 0.1) is 5.92 Å². The molecule has 0 radical (unpaired) electrons. The first-order valence-electron chi connectivity index (χ1n) is 9.90. The van der Waals surface area contributed by atoms with Crippen molar-refractivity contribution >= 4 is 22.8 Å². The van der Waals surface area contributed by atoms with E-state index >= 15 is 0 Å². The first kappa shape index (κ1) is 21.9. The molecule has 0 unspecified atom stereocenters. The lowest BCUT2D eigenvalue weighted by Gasteiger charge is -2.22. The number of nitrogens with zero attached hydrogens (tertiary/aromatic N) is 1. The van der Waals surface area contributed by atoms with Gasteiger partial charge in [0.05, 0.1) is 6.54 Å². The molecule has 162 valence electrons. The van der Waals surface area contributed by atoms with Crippen LogP contribution in [-0.4, -0.2) is 28.3 Å². The number of benzene rings is 2. The van der Waals surface area contributed by atoms with Gasteiger partial charge in [-0.25, -0.2) is 4.79 Å². The molecule has 1 heterocycles. The molecule has 4 N–H and O–H groups in total. The van der Waals surface area contributed by atoms with Crippen LogP contribution in [0.4, 0.5) is 4.79 Å². The Hall–Kier alpha value is -3.81. The van der Waals surface area contributed by atoms with E-state index in [1.807, 2.05) is 44.2 Å². The van der Waals surface area contributed by atoms with Gasteiger partial charge in [0, 0.05) is 28.6 Å². The second-order valence-electron chi connectivity index (χ2n) is 7.62. The molecule has 3 rings (SSSR count). The van der Waals surface area contributed by atoms with Gasteiger partial charge in [0.2, 0.25) is 0 Å². The Morgan fingerprint density at radius 1 is 1.13 bits per heavy atom. The number of fused-ring (bicyclic) bond motifs is 1. The standard InChI is InChI=1S/C23H25N3O5/c1-14(2)12-26-19(11-25-23(29)30)21(15-6-4-3-5-7-15)18-10-16(31-13-20(24)27)8-9-17(18)22(26)28/h3-10,14,25H,11-13H2,1-2H3,(H2,24,27)(H,29,30). The molecule has 0 saturated carbocycles. The maximum absolute atomic E-state index is 13.4. The van der Waals surface area contributed by atoms with Crippen molar-refractivity contribution in [3.63, 3.8) is 0 Å². The zero-order valence-electron chi connectivity index (χ0n) is 17.4. The third kappa shape index (κ3) is 5.03. The zero-order chi connectivity index (χ0) is 22.5. The largest absolute Gasteiger partial charge is 0.484 e. The van der Waals surface area contributed by atoms with Gasteiger partial charge >= 0.3 is 6.09 Å². The van der Waals surface area contributed by atoms with Crippen LogP contribution in [0.5, 0.6) is 5.75 Å². The highest BCUT2D eigenvalue weighted by atomic mass is 16.5. The fourth-order valence-electron chi connectivity index (χ4n) is 3.55. The smallest absolute Gasteiger partial charge is 0.404 e. The fraction of sp³-hybridized carbons (Fsp3) is 0.261. The number of nitrogens with two attached hydrogens (primary N) is 1. The summed E-state index contributed by atoms with van der Waals surface area (Å²) in [5, 5.41) is 12.7. The average Bonchev–Trinajstić information content (AvgIpc) is 2.73. The Balaban J connectivity index is 2.35. The summed E-state index contributed by atoms with van der Waals surface area (Å²) in [6, 6.07) is 14.4. The summed E-state index contributed by atoms with van der Waals surface area (Å²) in [5.41, 5.74) is 7.08. The predicted octanol–water partition coefficient (Wildman–Crippen LogP) is 2.96. The Morgan fingerprint density at radius 3 is 2.45 bits per heavy atom. The number of nitrogens with one attached hydrogen (secondary N) is 1. The molecule has 0 aliphatic heterocycles. The van der Waals surface area contributed by atoms with Crippen LogP contribution >= 0.6 is 0 Å². The van der Waals surface area contributed by atoms with Crippen molar-refractivity contribution in [1.29, 1.82) is 0 Å². The number of amides is 2.